The molecule has 6 heteroatoms. The Hall–Kier alpha value is -2.11. The normalized spacial score (nSPS) is 21.9. The van der Waals surface area contributed by atoms with Gasteiger partial charge >= 0.3 is 12.0 Å². The lowest BCUT2D eigenvalue weighted by atomic mass is 9.91. The van der Waals surface area contributed by atoms with Crippen LogP contribution in [0, 0.1) is 12.8 Å². The zero-order valence-corrected chi connectivity index (χ0v) is 12.4. The molecule has 0 spiro atoms. The summed E-state index contributed by atoms with van der Waals surface area (Å²) in [6, 6.07) is 2.69. The first-order chi connectivity index (χ1) is 10.0. The van der Waals surface area contributed by atoms with Crippen LogP contribution in [0.1, 0.15) is 31.0 Å². The molecule has 1 aliphatic heterocycles. The van der Waals surface area contributed by atoms with Gasteiger partial charge in [0, 0.05) is 12.7 Å². The van der Waals surface area contributed by atoms with Crippen LogP contribution in [-0.2, 0) is 11.3 Å². The molecule has 1 saturated heterocycles. The van der Waals surface area contributed by atoms with Crippen LogP contribution in [0.15, 0.2) is 18.3 Å². The molecule has 0 radical (unpaired) electrons. The van der Waals surface area contributed by atoms with Gasteiger partial charge in [0.05, 0.1) is 12.2 Å². The number of aromatic nitrogens is 1. The van der Waals surface area contributed by atoms with Gasteiger partial charge in [-0.15, -0.1) is 0 Å². The molecule has 6 nitrogen and oxygen atoms in total. The van der Waals surface area contributed by atoms with Crippen molar-refractivity contribution in [1.29, 1.82) is 0 Å². The van der Waals surface area contributed by atoms with E-state index in [1.54, 1.807) is 6.20 Å². The predicted molar refractivity (Wildman–Crippen MR) is 77.7 cm³/mol. The predicted octanol–water partition coefficient (Wildman–Crippen LogP) is 1.78. The molecule has 2 rings (SSSR count). The van der Waals surface area contributed by atoms with E-state index in [9.17, 15) is 14.7 Å². The molecule has 2 amide bonds. The van der Waals surface area contributed by atoms with Crippen molar-refractivity contribution in [3.8, 4) is 0 Å². The van der Waals surface area contributed by atoms with Crippen molar-refractivity contribution in [2.45, 2.75) is 39.3 Å². The minimum atomic E-state index is -0.939. The number of likely N-dealkylation sites (tertiary alicyclic amines) is 1. The third kappa shape index (κ3) is 3.51. The van der Waals surface area contributed by atoms with E-state index in [1.807, 2.05) is 26.0 Å². The van der Waals surface area contributed by atoms with Crippen molar-refractivity contribution >= 4 is 12.0 Å². The van der Waals surface area contributed by atoms with Gasteiger partial charge in [0.15, 0.2) is 0 Å². The molecule has 2 atom stereocenters. The van der Waals surface area contributed by atoms with Crippen molar-refractivity contribution in [3.05, 3.63) is 29.6 Å². The molecule has 2 heterocycles. The maximum absolute atomic E-state index is 12.3. The summed E-state index contributed by atoms with van der Waals surface area (Å²) < 4.78 is 0. The average molecular weight is 291 g/mol. The van der Waals surface area contributed by atoms with Crippen LogP contribution in [0.5, 0.6) is 0 Å². The highest BCUT2D eigenvalue weighted by molar-refractivity contribution is 5.83. The lowest BCUT2D eigenvalue weighted by Crippen LogP contribution is -2.54. The fraction of sp³-hybridized carbons (Fsp3) is 0.533. The number of nitrogens with zero attached hydrogens (tertiary/aromatic N) is 2. The molecule has 1 aliphatic rings. The zero-order valence-electron chi connectivity index (χ0n) is 12.4. The van der Waals surface area contributed by atoms with Crippen LogP contribution >= 0.6 is 0 Å². The number of carbonyl (C=O) groups is 2. The standard InChI is InChI=1S/C15H21N3O3/c1-10-5-3-7-16-12(10)9-17-15(21)18-8-4-6-11(2)13(18)14(19)20/h3,5,7,11,13H,4,6,8-9H2,1-2H3,(H,17,21)(H,19,20). The number of piperidine rings is 1. The summed E-state index contributed by atoms with van der Waals surface area (Å²) in [6.45, 7) is 4.59. The summed E-state index contributed by atoms with van der Waals surface area (Å²) in [5, 5.41) is 12.1. The molecular formula is C15H21N3O3. The number of nitrogens with one attached hydrogen (secondary N) is 1. The van der Waals surface area contributed by atoms with E-state index in [0.717, 1.165) is 24.1 Å². The third-order valence-electron chi connectivity index (χ3n) is 3.97. The van der Waals surface area contributed by atoms with Crippen LogP contribution in [0.2, 0.25) is 0 Å². The molecule has 0 aliphatic carbocycles. The van der Waals surface area contributed by atoms with Gasteiger partial charge in [-0.2, -0.15) is 0 Å². The topological polar surface area (TPSA) is 82.5 Å². The summed E-state index contributed by atoms with van der Waals surface area (Å²) in [6.07, 6.45) is 3.35. The van der Waals surface area contributed by atoms with Gasteiger partial charge in [0.25, 0.3) is 0 Å². The maximum atomic E-state index is 12.3. The number of hydrogen-bond acceptors (Lipinski definition) is 3. The summed E-state index contributed by atoms with van der Waals surface area (Å²) in [5.74, 6) is -0.968. The van der Waals surface area contributed by atoms with Gasteiger partial charge in [-0.25, -0.2) is 9.59 Å². The second-order valence-corrected chi connectivity index (χ2v) is 5.52. The van der Waals surface area contributed by atoms with Crippen molar-refractivity contribution in [2.24, 2.45) is 5.92 Å². The lowest BCUT2D eigenvalue weighted by molar-refractivity contribution is -0.145. The number of carboxylic acid groups (broad SMARTS) is 1. The number of aliphatic carboxylic acids is 1. The van der Waals surface area contributed by atoms with Crippen LogP contribution in [-0.4, -0.2) is 39.6 Å². The van der Waals surface area contributed by atoms with E-state index in [4.69, 9.17) is 0 Å². The first kappa shape index (κ1) is 15.3. The number of aryl methyl sites for hydroxylation is 1. The first-order valence-electron chi connectivity index (χ1n) is 7.18. The van der Waals surface area contributed by atoms with Crippen LogP contribution in [0.4, 0.5) is 4.79 Å². The Kier molecular flexibility index (Phi) is 4.77. The largest absolute Gasteiger partial charge is 0.480 e. The van der Waals surface area contributed by atoms with Gasteiger partial charge in [0.1, 0.15) is 6.04 Å². The number of carboxylic acids is 1. The smallest absolute Gasteiger partial charge is 0.326 e. The second kappa shape index (κ2) is 6.56. The lowest BCUT2D eigenvalue weighted by Gasteiger charge is -2.37. The summed E-state index contributed by atoms with van der Waals surface area (Å²) in [4.78, 5) is 29.3. The molecule has 21 heavy (non-hydrogen) atoms. The molecule has 1 aromatic heterocycles. The molecule has 1 fully saturated rings. The number of urea groups is 1. The van der Waals surface area contributed by atoms with Crippen LogP contribution < -0.4 is 5.32 Å². The summed E-state index contributed by atoms with van der Waals surface area (Å²) >= 11 is 0. The highest BCUT2D eigenvalue weighted by Crippen LogP contribution is 2.23. The number of pyridine rings is 1. The molecular weight excluding hydrogens is 270 g/mol. The fourth-order valence-corrected chi connectivity index (χ4v) is 2.76. The van der Waals surface area contributed by atoms with Crippen molar-refractivity contribution in [2.75, 3.05) is 6.54 Å². The maximum Gasteiger partial charge on any atom is 0.326 e. The Morgan fingerprint density at radius 2 is 2.29 bits per heavy atom. The number of amides is 2. The second-order valence-electron chi connectivity index (χ2n) is 5.52. The molecule has 114 valence electrons. The Morgan fingerprint density at radius 3 is 2.95 bits per heavy atom. The molecule has 2 N–H and O–H groups in total. The highest BCUT2D eigenvalue weighted by Gasteiger charge is 2.36. The molecule has 0 aromatic carbocycles. The minimum absolute atomic E-state index is 0.0291. The van der Waals surface area contributed by atoms with Gasteiger partial charge in [0.2, 0.25) is 0 Å². The Balaban J connectivity index is 2.02. The summed E-state index contributed by atoms with van der Waals surface area (Å²) in [5.41, 5.74) is 1.79. The van der Waals surface area contributed by atoms with E-state index in [-0.39, 0.29) is 11.9 Å². The van der Waals surface area contributed by atoms with Crippen LogP contribution in [0.3, 0.4) is 0 Å². The van der Waals surface area contributed by atoms with Crippen molar-refractivity contribution < 1.29 is 14.7 Å². The van der Waals surface area contributed by atoms with E-state index in [0.29, 0.717) is 13.1 Å². The van der Waals surface area contributed by atoms with E-state index >= 15 is 0 Å². The number of carbonyl (C=O) groups excluding carboxylic acids is 1. The molecule has 2 unspecified atom stereocenters. The monoisotopic (exact) mass is 291 g/mol. The van der Waals surface area contributed by atoms with E-state index in [1.165, 1.54) is 4.90 Å². The van der Waals surface area contributed by atoms with Gasteiger partial charge in [-0.3, -0.25) is 4.98 Å². The fourth-order valence-electron chi connectivity index (χ4n) is 2.76. The highest BCUT2D eigenvalue weighted by atomic mass is 16.4. The van der Waals surface area contributed by atoms with Gasteiger partial charge in [-0.1, -0.05) is 13.0 Å². The van der Waals surface area contributed by atoms with Crippen molar-refractivity contribution in [1.82, 2.24) is 15.2 Å². The average Bonchev–Trinajstić information content (AvgIpc) is 2.45. The molecule has 0 bridgehead atoms. The van der Waals surface area contributed by atoms with Crippen LogP contribution in [0.25, 0.3) is 0 Å². The molecule has 0 saturated carbocycles. The first-order valence-corrected chi connectivity index (χ1v) is 7.18. The Morgan fingerprint density at radius 1 is 1.52 bits per heavy atom. The third-order valence-corrected chi connectivity index (χ3v) is 3.97. The van der Waals surface area contributed by atoms with Gasteiger partial charge < -0.3 is 15.3 Å². The quantitative estimate of drug-likeness (QED) is 0.889. The van der Waals surface area contributed by atoms with Gasteiger partial charge in [-0.05, 0) is 37.3 Å². The Bertz CT molecular complexity index is 533. The Labute approximate surface area is 124 Å². The summed E-state index contributed by atoms with van der Waals surface area (Å²) in [7, 11) is 0. The minimum Gasteiger partial charge on any atom is -0.480 e. The van der Waals surface area contributed by atoms with Crippen molar-refractivity contribution in [3.63, 3.8) is 0 Å². The van der Waals surface area contributed by atoms with E-state index < -0.39 is 12.0 Å². The number of rotatable bonds is 3. The zero-order chi connectivity index (χ0) is 15.4. The molecule has 1 aromatic rings. The van der Waals surface area contributed by atoms with E-state index in [2.05, 4.69) is 10.3 Å². The number of hydrogen-bond donors (Lipinski definition) is 2. The SMILES string of the molecule is Cc1cccnc1CNC(=O)N1CCCC(C)C1C(=O)O.